The first-order chi connectivity index (χ1) is 20.7. The topological polar surface area (TPSA) is 167 Å². The number of nitrogens with one attached hydrogen (secondary N) is 2. The third kappa shape index (κ3) is 6.04. The zero-order valence-electron chi connectivity index (χ0n) is 24.5. The molecule has 6 N–H and O–H groups in total. The summed E-state index contributed by atoms with van der Waals surface area (Å²) in [6, 6.07) is 17.3. The minimum atomic E-state index is -0.898. The maximum Gasteiger partial charge on any atom is 0.248 e. The SMILES string of the molecule is COc1cc(N(C(=O)[C@@H](N)Cc2c(C)cc(C(N)=O)cc2C)[C@@H](C)c2ncc(-c3ccccc3)[nH]2)ccc1N1CNN=N1. The average Bonchev–Trinajstić information content (AvgIpc) is 3.72. The van der Waals surface area contributed by atoms with E-state index in [1.54, 1.807) is 41.4 Å². The number of H-pyrrole nitrogens is 1. The molecule has 0 saturated carbocycles. The molecule has 222 valence electrons. The van der Waals surface area contributed by atoms with Crippen LogP contribution in [0.5, 0.6) is 5.75 Å². The average molecular weight is 582 g/mol. The van der Waals surface area contributed by atoms with Crippen LogP contribution in [0.4, 0.5) is 11.4 Å². The summed E-state index contributed by atoms with van der Waals surface area (Å²) in [5, 5.41) is 9.54. The molecule has 0 spiro atoms. The number of benzene rings is 3. The van der Waals surface area contributed by atoms with Gasteiger partial charge >= 0.3 is 0 Å². The monoisotopic (exact) mass is 581 g/mol. The number of carbonyl (C=O) groups is 2. The lowest BCUT2D eigenvalue weighted by Crippen LogP contribution is -2.46. The van der Waals surface area contributed by atoms with Gasteiger partial charge in [0.2, 0.25) is 11.8 Å². The molecule has 0 radical (unpaired) electrons. The first-order valence-corrected chi connectivity index (χ1v) is 13.9. The molecule has 1 aliphatic heterocycles. The second kappa shape index (κ2) is 12.3. The van der Waals surface area contributed by atoms with Crippen molar-refractivity contribution in [2.75, 3.05) is 23.7 Å². The molecule has 0 unspecified atom stereocenters. The molecule has 12 nitrogen and oxygen atoms in total. The molecule has 5 rings (SSSR count). The van der Waals surface area contributed by atoms with Crippen LogP contribution in [0.2, 0.25) is 0 Å². The van der Waals surface area contributed by atoms with E-state index in [1.807, 2.05) is 63.2 Å². The van der Waals surface area contributed by atoms with E-state index in [0.717, 1.165) is 27.9 Å². The van der Waals surface area contributed by atoms with E-state index < -0.39 is 18.0 Å². The third-order valence-electron chi connectivity index (χ3n) is 7.59. The van der Waals surface area contributed by atoms with Crippen molar-refractivity contribution in [2.24, 2.45) is 21.9 Å². The Balaban J connectivity index is 1.51. The van der Waals surface area contributed by atoms with Crippen molar-refractivity contribution in [3.05, 3.63) is 94.9 Å². The molecule has 4 aromatic rings. The second-order valence-corrected chi connectivity index (χ2v) is 10.5. The maximum absolute atomic E-state index is 14.3. The molecule has 2 amide bonds. The third-order valence-corrected chi connectivity index (χ3v) is 7.59. The number of hydrogen-bond acceptors (Lipinski definition) is 9. The Morgan fingerprint density at radius 1 is 1.09 bits per heavy atom. The summed E-state index contributed by atoms with van der Waals surface area (Å²) in [7, 11) is 1.56. The lowest BCUT2D eigenvalue weighted by Gasteiger charge is -2.31. The first-order valence-electron chi connectivity index (χ1n) is 13.9. The largest absolute Gasteiger partial charge is 0.494 e. The molecule has 0 saturated heterocycles. The van der Waals surface area contributed by atoms with E-state index in [-0.39, 0.29) is 12.3 Å². The van der Waals surface area contributed by atoms with E-state index in [0.29, 0.717) is 35.2 Å². The van der Waals surface area contributed by atoms with Crippen LogP contribution in [0.3, 0.4) is 0 Å². The highest BCUT2D eigenvalue weighted by Crippen LogP contribution is 2.37. The van der Waals surface area contributed by atoms with Gasteiger partial charge in [-0.15, -0.1) is 0 Å². The number of primary amides is 1. The van der Waals surface area contributed by atoms with Gasteiger partial charge in [0.05, 0.1) is 31.1 Å². The molecule has 2 heterocycles. The van der Waals surface area contributed by atoms with Crippen LogP contribution in [0.1, 0.15) is 45.8 Å². The molecule has 0 aliphatic carbocycles. The molecule has 0 bridgehead atoms. The summed E-state index contributed by atoms with van der Waals surface area (Å²) in [5.41, 5.74) is 21.0. The highest BCUT2D eigenvalue weighted by molar-refractivity contribution is 5.98. The number of rotatable bonds is 10. The zero-order chi connectivity index (χ0) is 30.7. The Morgan fingerprint density at radius 3 is 2.44 bits per heavy atom. The van der Waals surface area contributed by atoms with Crippen molar-refractivity contribution < 1.29 is 14.3 Å². The summed E-state index contributed by atoms with van der Waals surface area (Å²) in [5.74, 6) is 0.297. The van der Waals surface area contributed by atoms with Crippen molar-refractivity contribution in [2.45, 2.75) is 39.3 Å². The zero-order valence-corrected chi connectivity index (χ0v) is 24.5. The van der Waals surface area contributed by atoms with Crippen molar-refractivity contribution >= 4 is 23.2 Å². The minimum Gasteiger partial charge on any atom is -0.494 e. The van der Waals surface area contributed by atoms with Gasteiger partial charge in [0.25, 0.3) is 0 Å². The summed E-state index contributed by atoms with van der Waals surface area (Å²) >= 11 is 0. The van der Waals surface area contributed by atoms with E-state index in [1.165, 1.54) is 0 Å². The standard InChI is InChI=1S/C31H35N9O3/c1-18-12-22(29(33)41)13-19(2)24(18)15-25(32)31(42)40(20(3)30-34-16-26(36-30)21-8-6-5-7-9-21)23-10-11-27(28(14-23)43-4)39-17-35-37-38-39/h5-14,16,20,25H,15,17,32H2,1-4H3,(H2,33,41)(H,34,36)(H,35,38)/t20-,25-/m0/s1. The number of anilines is 2. The van der Waals surface area contributed by atoms with Crippen LogP contribution < -0.4 is 31.5 Å². The molecule has 1 aliphatic rings. The summed E-state index contributed by atoms with van der Waals surface area (Å²) < 4.78 is 5.69. The molecule has 12 heteroatoms. The van der Waals surface area contributed by atoms with E-state index in [4.69, 9.17) is 16.2 Å². The smallest absolute Gasteiger partial charge is 0.248 e. The highest BCUT2D eigenvalue weighted by Gasteiger charge is 2.31. The minimum absolute atomic E-state index is 0.265. The van der Waals surface area contributed by atoms with Crippen LogP contribution in [-0.4, -0.2) is 41.6 Å². The van der Waals surface area contributed by atoms with Gasteiger partial charge < -0.3 is 26.1 Å². The maximum atomic E-state index is 14.3. The van der Waals surface area contributed by atoms with Gasteiger partial charge in [-0.3, -0.25) is 15.0 Å². The van der Waals surface area contributed by atoms with Gasteiger partial charge in [-0.1, -0.05) is 35.6 Å². The number of aromatic amines is 1. The van der Waals surface area contributed by atoms with Crippen LogP contribution in [0, 0.1) is 13.8 Å². The van der Waals surface area contributed by atoms with Crippen LogP contribution >= 0.6 is 0 Å². The number of methoxy groups -OCH3 is 1. The van der Waals surface area contributed by atoms with E-state index in [2.05, 4.69) is 25.8 Å². The van der Waals surface area contributed by atoms with Crippen molar-refractivity contribution in [1.82, 2.24) is 15.4 Å². The Bertz CT molecular complexity index is 1650. The van der Waals surface area contributed by atoms with Gasteiger partial charge in [0, 0.05) is 17.3 Å². The van der Waals surface area contributed by atoms with Crippen molar-refractivity contribution in [3.8, 4) is 17.0 Å². The molecular formula is C31H35N9O3. The molecule has 2 atom stereocenters. The summed E-state index contributed by atoms with van der Waals surface area (Å²) in [4.78, 5) is 35.7. The highest BCUT2D eigenvalue weighted by atomic mass is 16.5. The predicted molar refractivity (Wildman–Crippen MR) is 164 cm³/mol. The lowest BCUT2D eigenvalue weighted by atomic mass is 9.93. The van der Waals surface area contributed by atoms with Crippen molar-refractivity contribution in [1.29, 1.82) is 0 Å². The number of nitrogens with two attached hydrogens (primary N) is 2. The number of ether oxygens (including phenoxy) is 1. The van der Waals surface area contributed by atoms with Crippen LogP contribution in [0.15, 0.2) is 77.3 Å². The molecule has 0 fully saturated rings. The number of hydrogen-bond donors (Lipinski definition) is 4. The quantitative estimate of drug-likeness (QED) is 0.219. The Labute approximate surface area is 249 Å². The normalized spacial score (nSPS) is 13.8. The molecule has 43 heavy (non-hydrogen) atoms. The van der Waals surface area contributed by atoms with Gasteiger partial charge in [0.1, 0.15) is 23.9 Å². The van der Waals surface area contributed by atoms with Gasteiger partial charge in [-0.2, -0.15) is 0 Å². The molecule has 3 aromatic carbocycles. The number of amides is 2. The number of imidazole rings is 1. The fourth-order valence-electron chi connectivity index (χ4n) is 5.30. The summed E-state index contributed by atoms with van der Waals surface area (Å²) in [6.07, 6.45) is 2.02. The van der Waals surface area contributed by atoms with Gasteiger partial charge in [-0.25, -0.2) is 9.99 Å². The Kier molecular flexibility index (Phi) is 8.39. The van der Waals surface area contributed by atoms with Crippen LogP contribution in [0.25, 0.3) is 11.3 Å². The fraction of sp³-hybridized carbons (Fsp3) is 0.258. The van der Waals surface area contributed by atoms with E-state index >= 15 is 0 Å². The number of nitrogens with zero attached hydrogens (tertiary/aromatic N) is 5. The molecule has 1 aromatic heterocycles. The molecular weight excluding hydrogens is 546 g/mol. The Hall–Kier alpha value is -5.23. The second-order valence-electron chi connectivity index (χ2n) is 10.5. The van der Waals surface area contributed by atoms with Crippen LogP contribution in [-0.2, 0) is 11.2 Å². The summed E-state index contributed by atoms with van der Waals surface area (Å²) in [6.45, 7) is 6.06. The number of carbonyl (C=O) groups excluding carboxylic acids is 2. The van der Waals surface area contributed by atoms with Gasteiger partial charge in [0.15, 0.2) is 0 Å². The van der Waals surface area contributed by atoms with E-state index in [9.17, 15) is 9.59 Å². The van der Waals surface area contributed by atoms with Crippen molar-refractivity contribution in [3.63, 3.8) is 0 Å². The number of aromatic nitrogens is 2. The fourth-order valence-corrected chi connectivity index (χ4v) is 5.30. The first kappa shape index (κ1) is 29.3. The lowest BCUT2D eigenvalue weighted by molar-refractivity contribution is -0.120. The number of aryl methyl sites for hydroxylation is 2. The van der Waals surface area contributed by atoms with Gasteiger partial charge in [-0.05, 0) is 78.9 Å². The predicted octanol–water partition coefficient (Wildman–Crippen LogP) is 4.11. The Morgan fingerprint density at radius 2 is 1.81 bits per heavy atom.